The van der Waals surface area contributed by atoms with Gasteiger partial charge in [-0.2, -0.15) is 0 Å². The zero-order chi connectivity index (χ0) is 13.5. The molecule has 0 heterocycles. The van der Waals surface area contributed by atoms with Crippen LogP contribution in [-0.2, 0) is 31.2 Å². The second-order valence-corrected chi connectivity index (χ2v) is 3.73. The molecule has 0 aliphatic heterocycles. The van der Waals surface area contributed by atoms with Gasteiger partial charge in [0.1, 0.15) is 0 Å². The van der Waals surface area contributed by atoms with E-state index in [1.54, 1.807) is 0 Å². The Hall–Kier alpha value is 3.23. The van der Waals surface area contributed by atoms with E-state index in [2.05, 4.69) is 0 Å². The first-order chi connectivity index (χ1) is 6.00. The molecular weight excluding hydrogens is 408 g/mol. The minimum atomic E-state index is -5.17. The van der Waals surface area contributed by atoms with Crippen molar-refractivity contribution in [3.63, 3.8) is 0 Å². The van der Waals surface area contributed by atoms with Crippen LogP contribution in [0.4, 0.5) is 0 Å². The van der Waals surface area contributed by atoms with Crippen LogP contribution in [0.2, 0.25) is 0 Å². The van der Waals surface area contributed by atoms with Crippen LogP contribution in [0, 0.1) is 0 Å². The Kier molecular flexibility index (Phi) is 43.8. The van der Waals surface area contributed by atoms with Crippen molar-refractivity contribution >= 4 is 92.0 Å². The van der Waals surface area contributed by atoms with Gasteiger partial charge < -0.3 is 28.2 Å². The molecule has 0 aromatic carbocycles. The summed E-state index contributed by atoms with van der Waals surface area (Å²) in [4.78, 5) is 0. The van der Waals surface area contributed by atoms with Crippen LogP contribution in [0.5, 0.6) is 0 Å². The Morgan fingerprint density at radius 1 is 0.684 bits per heavy atom. The van der Waals surface area contributed by atoms with E-state index in [1.165, 1.54) is 0 Å². The molecule has 0 atom stereocenters. The summed E-state index contributed by atoms with van der Waals surface area (Å²) < 4.78 is 101. The molecule has 0 saturated carbocycles. The largest absolute Gasteiger partial charge is 2.00 e. The summed E-state index contributed by atoms with van der Waals surface area (Å²) in [5.41, 5.74) is 0. The third-order valence-electron chi connectivity index (χ3n) is 0. The predicted octanol–water partition coefficient (Wildman–Crippen LogP) is -8.25. The molecule has 0 radical (unpaired) electrons. The van der Waals surface area contributed by atoms with E-state index in [0.717, 1.165) is 0 Å². The number of hydrogen-bond donors (Lipinski definition) is 1. The van der Waals surface area contributed by atoms with Crippen molar-refractivity contribution in [3.8, 4) is 0 Å². The maximum absolute atomic E-state index is 8.63. The summed E-state index contributed by atoms with van der Waals surface area (Å²) in [7, 11) is -15.2. The second-order valence-electron chi connectivity index (χ2n) is 1.24. The first kappa shape index (κ1) is 43.2. The third kappa shape index (κ3) is 752. The van der Waals surface area contributed by atoms with Crippen LogP contribution < -0.4 is 51.4 Å². The minimum absolute atomic E-state index is 0. The van der Waals surface area contributed by atoms with Crippen molar-refractivity contribution in [1.29, 1.82) is 0 Å². The fourth-order valence-corrected chi connectivity index (χ4v) is 0. The van der Waals surface area contributed by atoms with Gasteiger partial charge in [-0.05, 0) is 0 Å². The number of rotatable bonds is 0. The maximum atomic E-state index is 8.63. The van der Waals surface area contributed by atoms with Crippen molar-refractivity contribution in [2.24, 2.45) is 0 Å². The van der Waals surface area contributed by atoms with Gasteiger partial charge in [-0.15, -0.1) is 0 Å². The quantitative estimate of drug-likeness (QED) is 0.221. The van der Waals surface area contributed by atoms with Gasteiger partial charge in [0.2, 0.25) is 10.4 Å². The normalized spacial score (nSPS) is 9.16. The first-order valence-corrected chi connectivity index (χ1v) is 6.05. The molecule has 19 heavy (non-hydrogen) atoms. The molecule has 0 saturated heterocycles. The number of hydrogen-bond acceptors (Lipinski definition) is 11. The summed E-state index contributed by atoms with van der Waals surface area (Å²) in [5.74, 6) is 0. The van der Waals surface area contributed by atoms with Crippen molar-refractivity contribution in [1.82, 2.24) is 0 Å². The van der Waals surface area contributed by atoms with E-state index in [0.29, 0.717) is 0 Å². The molecule has 3 N–H and O–H groups in total. The van der Waals surface area contributed by atoms with E-state index >= 15 is 0 Å². The summed E-state index contributed by atoms with van der Waals surface area (Å²) in [6.07, 6.45) is 0. The van der Waals surface area contributed by atoms with Crippen LogP contribution in [0.1, 0.15) is 0 Å². The van der Waals surface area contributed by atoms with E-state index in [-0.39, 0.29) is 118 Å². The van der Waals surface area contributed by atoms with Gasteiger partial charge in [0.05, 0.1) is 0 Å². The standard InChI is InChI=1S/Ca.K.Mg.3H2O4S.H2O/c;;;3*1-5(2,3)4;/h;;;3*(H2,1,2,3,4);1H2/q+2;+1;+2;;;;/p-5. The monoisotopic (exact) mass is 410 g/mol. The average molecular weight is 411 g/mol. The van der Waals surface area contributed by atoms with E-state index in [9.17, 15) is 0 Å². The van der Waals surface area contributed by atoms with Gasteiger partial charge in [0.15, 0.2) is 0 Å². The van der Waals surface area contributed by atoms with Crippen molar-refractivity contribution in [2.75, 3.05) is 0 Å². The van der Waals surface area contributed by atoms with Gasteiger partial charge in [-0.1, -0.05) is 0 Å². The second kappa shape index (κ2) is 19.3. The molecule has 0 aliphatic rings. The minimum Gasteiger partial charge on any atom is -0.759 e. The predicted molar refractivity (Wildman–Crippen MR) is 48.4 cm³/mol. The molecule has 0 unspecified atom stereocenters. The Balaban J connectivity index is -0.0000000206. The molecule has 0 bridgehead atoms. The zero-order valence-electron chi connectivity index (χ0n) is 9.08. The van der Waals surface area contributed by atoms with Crippen molar-refractivity contribution < 1.29 is 109 Å². The summed E-state index contributed by atoms with van der Waals surface area (Å²) in [5, 5.41) is 0. The molecule has 13 nitrogen and oxygen atoms in total. The molecule has 0 aromatic rings. The Morgan fingerprint density at radius 3 is 0.684 bits per heavy atom. The fraction of sp³-hybridized carbons (Fsp3) is 0. The van der Waals surface area contributed by atoms with Crippen LogP contribution in [0.25, 0.3) is 0 Å². The molecule has 0 rings (SSSR count). The Bertz CT molecular complexity index is 349. The van der Waals surface area contributed by atoms with Gasteiger partial charge in [0.25, 0.3) is 0 Å². The van der Waals surface area contributed by atoms with E-state index in [1.807, 2.05) is 0 Å². The van der Waals surface area contributed by atoms with Crippen LogP contribution in [0.15, 0.2) is 0 Å². The summed E-state index contributed by atoms with van der Waals surface area (Å²) in [6.45, 7) is 0. The third-order valence-corrected chi connectivity index (χ3v) is 0. The topological polar surface area (TPSA) is 269 Å². The fourth-order valence-electron chi connectivity index (χ4n) is 0. The summed E-state index contributed by atoms with van der Waals surface area (Å²) >= 11 is 0. The van der Waals surface area contributed by atoms with Gasteiger partial charge in [-0.3, -0.25) is 21.4 Å². The molecular formula is H3CaKMgO13S3. The maximum Gasteiger partial charge on any atom is 2.00 e. The zero-order valence-corrected chi connectivity index (χ0v) is 18.3. The molecule has 0 aliphatic carbocycles. The van der Waals surface area contributed by atoms with Gasteiger partial charge >= 0.3 is 112 Å². The van der Waals surface area contributed by atoms with Crippen LogP contribution in [-0.4, -0.2) is 119 Å². The Labute approximate surface area is 197 Å². The molecule has 0 fully saturated rings. The SMILES string of the molecule is O.O=S(=O)([O-])O.O=S(=O)([O-])[O-].O=S(=O)([O-])[O-].[Ca+2].[K+].[Mg+2]. The molecule has 0 spiro atoms. The van der Waals surface area contributed by atoms with Gasteiger partial charge in [-0.25, -0.2) is 8.42 Å². The molecule has 19 heteroatoms. The molecule has 104 valence electrons. The Morgan fingerprint density at radius 2 is 0.684 bits per heavy atom. The van der Waals surface area contributed by atoms with E-state index < -0.39 is 31.2 Å². The van der Waals surface area contributed by atoms with Crippen molar-refractivity contribution in [3.05, 3.63) is 0 Å². The average Bonchev–Trinajstić information content (AvgIpc) is 1.41. The molecule has 0 aromatic heterocycles. The summed E-state index contributed by atoms with van der Waals surface area (Å²) in [6, 6.07) is 0. The first-order valence-electron chi connectivity index (χ1n) is 2.02. The van der Waals surface area contributed by atoms with Crippen LogP contribution >= 0.6 is 0 Å². The smallest absolute Gasteiger partial charge is 0.759 e. The van der Waals surface area contributed by atoms with E-state index in [4.69, 9.17) is 52.6 Å². The molecule has 0 amide bonds. The van der Waals surface area contributed by atoms with Crippen LogP contribution in [0.3, 0.4) is 0 Å². The van der Waals surface area contributed by atoms with Crippen molar-refractivity contribution in [2.45, 2.75) is 0 Å². The van der Waals surface area contributed by atoms with Gasteiger partial charge in [0, 0.05) is 20.8 Å².